The van der Waals surface area contributed by atoms with Crippen LogP contribution in [-0.2, 0) is 58.0 Å². The van der Waals surface area contributed by atoms with Crippen molar-refractivity contribution in [2.45, 2.75) is 0 Å². The first-order valence-corrected chi connectivity index (χ1v) is 0. The predicted octanol–water partition coefficient (Wildman–Crippen LogP) is -6.19. The molecule has 0 spiro atoms. The molecule has 3 radical (unpaired) electrons. The molecule has 0 rings (SSSR count). The Balaban J connectivity index is 0. The summed E-state index contributed by atoms with van der Waals surface area (Å²) in [5, 5.41) is 0. The van der Waals surface area contributed by atoms with Gasteiger partial charge in [0.2, 0.25) is 0 Å². The quantitative estimate of drug-likeness (QED) is 0.395. The van der Waals surface area contributed by atoms with E-state index in [0.717, 1.165) is 0 Å². The van der Waals surface area contributed by atoms with Crippen LogP contribution in [0.5, 0.6) is 0 Å². The maximum atomic E-state index is 0. The van der Waals surface area contributed by atoms with E-state index in [1.165, 1.54) is 0 Å². The molecule has 0 saturated carbocycles. The first-order chi connectivity index (χ1) is 0. The van der Waals surface area contributed by atoms with E-state index in [-0.39, 0.29) is 100 Å². The molecule has 4 nitrogen and oxygen atoms in total. The summed E-state index contributed by atoms with van der Waals surface area (Å²) < 4.78 is 0. The van der Waals surface area contributed by atoms with Crippen LogP contribution in [0, 0.1) is 0 Å². The van der Waals surface area contributed by atoms with Gasteiger partial charge in [-0.3, -0.25) is 0 Å². The van der Waals surface area contributed by atoms with E-state index in [4.69, 9.17) is 0 Å². The van der Waals surface area contributed by atoms with Crippen molar-refractivity contribution in [3.63, 3.8) is 0 Å². The predicted molar refractivity (Wildman–Crippen MR) is 15.6 cm³/mol. The molecule has 8 heteroatoms. The molecular formula is H9AgCuLiO4V. The van der Waals surface area contributed by atoms with Crippen LogP contribution in [-0.4, -0.2) is 21.9 Å². The van der Waals surface area contributed by atoms with Crippen LogP contribution < -0.4 is 18.9 Å². The maximum Gasteiger partial charge on any atom is 1.00 e. The molecule has 0 saturated heterocycles. The minimum absolute atomic E-state index is 0. The van der Waals surface area contributed by atoms with E-state index in [1.807, 2.05) is 0 Å². The van der Waals surface area contributed by atoms with Crippen molar-refractivity contribution in [1.29, 1.82) is 0 Å². The van der Waals surface area contributed by atoms with Crippen LogP contribution in [0.25, 0.3) is 0 Å². The zero-order chi connectivity index (χ0) is 0. The molecule has 0 amide bonds. The van der Waals surface area contributed by atoms with Crippen molar-refractivity contribution in [2.24, 2.45) is 0 Å². The van der Waals surface area contributed by atoms with Crippen molar-refractivity contribution in [3.05, 3.63) is 0 Å². The zero-order valence-electron chi connectivity index (χ0n) is 5.05. The van der Waals surface area contributed by atoms with E-state index in [2.05, 4.69) is 0 Å². The molecule has 0 aliphatic rings. The van der Waals surface area contributed by atoms with Crippen LogP contribution in [0.1, 0.15) is 1.43 Å². The maximum absolute atomic E-state index is 0. The topological polar surface area (TPSA) is 126 Å². The van der Waals surface area contributed by atoms with Gasteiger partial charge in [0.15, 0.2) is 0 Å². The second-order valence-corrected chi connectivity index (χ2v) is 0. The third kappa shape index (κ3) is 84.4. The second kappa shape index (κ2) is 122. The summed E-state index contributed by atoms with van der Waals surface area (Å²) in [5.74, 6) is 0. The largest absolute Gasteiger partial charge is 1.00 e. The third-order valence-electron chi connectivity index (χ3n) is 0. The Labute approximate surface area is 99.3 Å². The SMILES string of the molecule is O.O.O.O.[Ag].[Cu].[H-].[Li+].[V]. The smallest absolute Gasteiger partial charge is 1.00 e. The molecule has 0 aliphatic heterocycles. The van der Waals surface area contributed by atoms with Gasteiger partial charge in [0.1, 0.15) is 0 Å². The molecule has 0 aliphatic carbocycles. The molecule has 0 fully saturated rings. The molecule has 0 atom stereocenters. The van der Waals surface area contributed by atoms with Gasteiger partial charge in [-0.2, -0.15) is 0 Å². The monoisotopic (exact) mass is 301 g/mol. The standard InChI is InChI=1S/Ag.Cu.Li.4H2O.V.H/h;;;4*1H2;;/q;;+1;;;;;;-1. The number of rotatable bonds is 0. The number of hydrogen-bond donors (Lipinski definition) is 0. The van der Waals surface area contributed by atoms with Gasteiger partial charge in [-0.25, -0.2) is 0 Å². The summed E-state index contributed by atoms with van der Waals surface area (Å²) >= 11 is 0. The van der Waals surface area contributed by atoms with E-state index >= 15 is 0 Å². The van der Waals surface area contributed by atoms with Crippen molar-refractivity contribution < 1.29 is 100 Å². The van der Waals surface area contributed by atoms with Gasteiger partial charge in [-0.15, -0.1) is 0 Å². The minimum Gasteiger partial charge on any atom is -1.00 e. The van der Waals surface area contributed by atoms with Gasteiger partial charge in [0, 0.05) is 58.0 Å². The van der Waals surface area contributed by atoms with Gasteiger partial charge < -0.3 is 23.3 Å². The van der Waals surface area contributed by atoms with E-state index in [1.54, 1.807) is 0 Å². The van der Waals surface area contributed by atoms with Crippen molar-refractivity contribution >= 4 is 0 Å². The summed E-state index contributed by atoms with van der Waals surface area (Å²) in [4.78, 5) is 0. The average Bonchev–Trinajstić information content (AvgIpc) is 0. The molecule has 0 bridgehead atoms. The normalized spacial score (nSPS) is 0. The van der Waals surface area contributed by atoms with Crippen LogP contribution in [0.4, 0.5) is 0 Å². The zero-order valence-corrected chi connectivity index (χ0v) is 7.87. The molecule has 0 aromatic rings. The average molecular weight is 302 g/mol. The summed E-state index contributed by atoms with van der Waals surface area (Å²) in [6.45, 7) is 0. The molecular weight excluding hydrogens is 293 g/mol. The Morgan fingerprint density at radius 2 is 0.750 bits per heavy atom. The first kappa shape index (κ1) is 170. The van der Waals surface area contributed by atoms with Crippen LogP contribution in [0.15, 0.2) is 0 Å². The van der Waals surface area contributed by atoms with Gasteiger partial charge in [0.25, 0.3) is 0 Å². The fourth-order valence-corrected chi connectivity index (χ4v) is 0. The van der Waals surface area contributed by atoms with E-state index in [9.17, 15) is 0 Å². The summed E-state index contributed by atoms with van der Waals surface area (Å²) in [5.41, 5.74) is 0. The van der Waals surface area contributed by atoms with Crippen LogP contribution in [0.3, 0.4) is 0 Å². The Hall–Kier alpha value is 2.28. The van der Waals surface area contributed by atoms with E-state index < -0.39 is 0 Å². The van der Waals surface area contributed by atoms with Crippen LogP contribution in [0.2, 0.25) is 0 Å². The van der Waals surface area contributed by atoms with Gasteiger partial charge in [-0.1, -0.05) is 0 Å². The molecule has 8 heavy (non-hydrogen) atoms. The molecule has 0 aromatic heterocycles. The molecule has 61 valence electrons. The van der Waals surface area contributed by atoms with Gasteiger partial charge in [-0.05, 0) is 0 Å². The fraction of sp³-hybridized carbons (Fsp3) is 0. The summed E-state index contributed by atoms with van der Waals surface area (Å²) in [6, 6.07) is 0. The van der Waals surface area contributed by atoms with Crippen molar-refractivity contribution in [1.82, 2.24) is 0 Å². The van der Waals surface area contributed by atoms with Gasteiger partial charge >= 0.3 is 18.9 Å². The van der Waals surface area contributed by atoms with Crippen molar-refractivity contribution in [2.75, 3.05) is 0 Å². The second-order valence-electron chi connectivity index (χ2n) is 0. The fourth-order valence-electron chi connectivity index (χ4n) is 0. The van der Waals surface area contributed by atoms with Crippen molar-refractivity contribution in [3.8, 4) is 0 Å². The minimum atomic E-state index is 0. The Bertz CT molecular complexity index is 20.5. The Morgan fingerprint density at radius 1 is 0.750 bits per heavy atom. The van der Waals surface area contributed by atoms with E-state index in [0.29, 0.717) is 0 Å². The molecule has 0 aromatic carbocycles. The molecule has 0 heterocycles. The van der Waals surface area contributed by atoms with Crippen LogP contribution >= 0.6 is 0 Å². The molecule has 0 unspecified atom stereocenters. The number of hydrogen-bond acceptors (Lipinski definition) is 0. The molecule has 8 N–H and O–H groups in total. The first-order valence-electron chi connectivity index (χ1n) is 0. The van der Waals surface area contributed by atoms with Gasteiger partial charge in [0.05, 0.1) is 0 Å². The Kier molecular flexibility index (Phi) is 2600. The summed E-state index contributed by atoms with van der Waals surface area (Å²) in [6.07, 6.45) is 0. The summed E-state index contributed by atoms with van der Waals surface area (Å²) in [7, 11) is 0. The third-order valence-corrected chi connectivity index (χ3v) is 0. The Morgan fingerprint density at radius 3 is 0.750 bits per heavy atom.